The normalized spacial score (nSPS) is 11.7. The van der Waals surface area contributed by atoms with Gasteiger partial charge in [-0.25, -0.2) is 0 Å². The number of ether oxygens (including phenoxy) is 2. The molecule has 0 saturated heterocycles. The Kier molecular flexibility index (Phi) is 3.30. The third kappa shape index (κ3) is 3.39. The number of hydrogen-bond donors (Lipinski definition) is 0. The van der Waals surface area contributed by atoms with Gasteiger partial charge in [-0.05, 0) is 0 Å². The molecular formula is C4H9O2Zr. The molecule has 0 aromatic heterocycles. The van der Waals surface area contributed by atoms with Crippen molar-refractivity contribution in [2.75, 3.05) is 14.2 Å². The summed E-state index contributed by atoms with van der Waals surface area (Å²) in [7, 11) is 3.27. The predicted molar refractivity (Wildman–Crippen MR) is 22.4 cm³/mol. The van der Waals surface area contributed by atoms with Gasteiger partial charge in [0.2, 0.25) is 0 Å². The SMILES string of the molecule is CO[C](C)([Zr])OC. The Labute approximate surface area is 59.0 Å². The van der Waals surface area contributed by atoms with Crippen LogP contribution in [0.3, 0.4) is 0 Å². The van der Waals surface area contributed by atoms with Gasteiger partial charge in [0.1, 0.15) is 0 Å². The molecule has 0 bridgehead atoms. The quantitative estimate of drug-likeness (QED) is 0.576. The molecule has 41 valence electrons. The first-order valence-electron chi connectivity index (χ1n) is 1.97. The van der Waals surface area contributed by atoms with Gasteiger partial charge in [0.15, 0.2) is 0 Å². The van der Waals surface area contributed by atoms with Crippen molar-refractivity contribution >= 4 is 0 Å². The Hall–Kier alpha value is 0.803. The molecule has 0 aromatic rings. The fraction of sp³-hybridized carbons (Fsp3) is 1.00. The van der Waals surface area contributed by atoms with Crippen LogP contribution in [0.4, 0.5) is 0 Å². The Balaban J connectivity index is 3.36. The van der Waals surface area contributed by atoms with Crippen molar-refractivity contribution in [2.24, 2.45) is 0 Å². The summed E-state index contributed by atoms with van der Waals surface area (Å²) in [5, 5.41) is 0. The average molecular weight is 180 g/mol. The van der Waals surface area contributed by atoms with Gasteiger partial charge in [-0.15, -0.1) is 0 Å². The van der Waals surface area contributed by atoms with Crippen molar-refractivity contribution in [2.45, 2.75) is 10.4 Å². The molecule has 0 heterocycles. The minimum absolute atomic E-state index is 0.327. The van der Waals surface area contributed by atoms with Crippen molar-refractivity contribution in [3.8, 4) is 0 Å². The summed E-state index contributed by atoms with van der Waals surface area (Å²) in [6, 6.07) is 0. The van der Waals surface area contributed by atoms with Crippen molar-refractivity contribution in [3.05, 3.63) is 0 Å². The number of rotatable bonds is 2. The van der Waals surface area contributed by atoms with Gasteiger partial charge in [-0.1, -0.05) is 0 Å². The zero-order chi connectivity index (χ0) is 5.91. The molecule has 0 unspecified atom stereocenters. The van der Waals surface area contributed by atoms with Crippen LogP contribution in [0.25, 0.3) is 0 Å². The molecule has 0 fully saturated rings. The second-order valence-corrected chi connectivity index (χ2v) is 3.59. The molecule has 0 amide bonds. The number of hydrogen-bond acceptors (Lipinski definition) is 2. The first-order valence-corrected chi connectivity index (χ1v) is 3.20. The van der Waals surface area contributed by atoms with Crippen LogP contribution in [-0.2, 0) is 34.2 Å². The van der Waals surface area contributed by atoms with E-state index in [0.29, 0.717) is 0 Å². The maximum absolute atomic E-state index is 4.90. The molecule has 0 aliphatic rings. The summed E-state index contributed by atoms with van der Waals surface area (Å²) in [6.45, 7) is 1.89. The standard InChI is InChI=1S/C4H9O2.Zr/c1-4(5-2)6-3;/h1-3H3;. The Morgan fingerprint density at radius 3 is 1.57 bits per heavy atom. The molecule has 3 heteroatoms. The van der Waals surface area contributed by atoms with E-state index < -0.39 is 0 Å². The second kappa shape index (κ2) is 2.96. The van der Waals surface area contributed by atoms with Crippen molar-refractivity contribution in [1.82, 2.24) is 0 Å². The van der Waals surface area contributed by atoms with Gasteiger partial charge in [-0.3, -0.25) is 0 Å². The fourth-order valence-corrected chi connectivity index (χ4v) is 0.0833. The molecule has 2 nitrogen and oxygen atoms in total. The van der Waals surface area contributed by atoms with E-state index in [1.807, 2.05) is 6.92 Å². The van der Waals surface area contributed by atoms with Gasteiger partial charge in [0.05, 0.1) is 0 Å². The first-order chi connectivity index (χ1) is 3.12. The van der Waals surface area contributed by atoms with Gasteiger partial charge in [0, 0.05) is 0 Å². The van der Waals surface area contributed by atoms with Gasteiger partial charge < -0.3 is 0 Å². The Morgan fingerprint density at radius 1 is 1.29 bits per heavy atom. The van der Waals surface area contributed by atoms with Crippen LogP contribution in [0, 0.1) is 0 Å². The van der Waals surface area contributed by atoms with E-state index in [4.69, 9.17) is 9.47 Å². The molecule has 0 N–H and O–H groups in total. The van der Waals surface area contributed by atoms with E-state index in [0.717, 1.165) is 0 Å². The molecule has 0 atom stereocenters. The van der Waals surface area contributed by atoms with Crippen LogP contribution in [-0.4, -0.2) is 17.7 Å². The zero-order valence-electron chi connectivity index (χ0n) is 4.82. The summed E-state index contributed by atoms with van der Waals surface area (Å²) < 4.78 is 9.48. The van der Waals surface area contributed by atoms with Gasteiger partial charge in [-0.2, -0.15) is 0 Å². The monoisotopic (exact) mass is 179 g/mol. The van der Waals surface area contributed by atoms with Crippen LogP contribution in [0.2, 0.25) is 0 Å². The summed E-state index contributed by atoms with van der Waals surface area (Å²) in [5.74, 6) is 0. The Bertz CT molecular complexity index is 47.7. The van der Waals surface area contributed by atoms with Crippen molar-refractivity contribution in [1.29, 1.82) is 0 Å². The van der Waals surface area contributed by atoms with Crippen LogP contribution >= 0.6 is 0 Å². The molecule has 0 radical (unpaired) electrons. The Morgan fingerprint density at radius 2 is 1.57 bits per heavy atom. The summed E-state index contributed by atoms with van der Waals surface area (Å²) in [6.07, 6.45) is 0. The molecule has 0 aromatic carbocycles. The van der Waals surface area contributed by atoms with E-state index in [-0.39, 0.29) is 3.50 Å². The molecular weight excluding hydrogens is 171 g/mol. The van der Waals surface area contributed by atoms with Gasteiger partial charge in [0.25, 0.3) is 0 Å². The van der Waals surface area contributed by atoms with Crippen LogP contribution in [0.5, 0.6) is 0 Å². The molecule has 0 rings (SSSR count). The third-order valence-electron chi connectivity index (χ3n) is 0.779. The maximum atomic E-state index is 4.90. The minimum atomic E-state index is -0.327. The van der Waals surface area contributed by atoms with Gasteiger partial charge >= 0.3 is 58.8 Å². The van der Waals surface area contributed by atoms with Crippen molar-refractivity contribution in [3.63, 3.8) is 0 Å². The van der Waals surface area contributed by atoms with Crippen molar-refractivity contribution < 1.29 is 34.2 Å². The van der Waals surface area contributed by atoms with E-state index in [2.05, 4.69) is 0 Å². The first kappa shape index (κ1) is 7.80. The average Bonchev–Trinajstić information content (AvgIpc) is 1.68. The second-order valence-electron chi connectivity index (χ2n) is 1.35. The summed E-state index contributed by atoms with van der Waals surface area (Å²) in [4.78, 5) is 0. The van der Waals surface area contributed by atoms with E-state index in [1.165, 1.54) is 24.7 Å². The molecule has 0 aliphatic heterocycles. The molecule has 0 saturated carbocycles. The molecule has 7 heavy (non-hydrogen) atoms. The third-order valence-corrected chi connectivity index (χ3v) is 1.78. The van der Waals surface area contributed by atoms with Crippen LogP contribution in [0.1, 0.15) is 6.92 Å². The molecule has 0 spiro atoms. The van der Waals surface area contributed by atoms with Crippen LogP contribution < -0.4 is 0 Å². The van der Waals surface area contributed by atoms with E-state index >= 15 is 0 Å². The molecule has 0 aliphatic carbocycles. The van der Waals surface area contributed by atoms with E-state index in [9.17, 15) is 0 Å². The zero-order valence-corrected chi connectivity index (χ0v) is 7.27. The van der Waals surface area contributed by atoms with Crippen LogP contribution in [0.15, 0.2) is 0 Å². The topological polar surface area (TPSA) is 18.5 Å². The predicted octanol–water partition coefficient (Wildman–Crippen LogP) is 0.500. The number of methoxy groups -OCH3 is 2. The van der Waals surface area contributed by atoms with E-state index in [1.54, 1.807) is 14.2 Å². The fourth-order valence-electron chi connectivity index (χ4n) is 0.0833. The summed E-state index contributed by atoms with van der Waals surface area (Å²) in [5.41, 5.74) is 0. The summed E-state index contributed by atoms with van der Waals surface area (Å²) >= 11 is 1.24.